The molecule has 21 atom stereocenters. The van der Waals surface area contributed by atoms with E-state index in [-0.39, 0.29) is 22.2 Å². The quantitative estimate of drug-likeness (QED) is 0.246. The molecule has 0 aromatic carbocycles. The van der Waals surface area contributed by atoms with Gasteiger partial charge < -0.3 is 42.6 Å². The number of hydrogen-bond donors (Lipinski definition) is 0. The van der Waals surface area contributed by atoms with Crippen molar-refractivity contribution in [2.45, 2.75) is 194 Å². The van der Waals surface area contributed by atoms with Crippen LogP contribution in [-0.4, -0.2) is 110 Å². The molecule has 0 radical (unpaired) electrons. The minimum atomic E-state index is 0.0254. The predicted molar refractivity (Wildman–Crippen MR) is 210 cm³/mol. The predicted octanol–water partition coefficient (Wildman–Crippen LogP) is 6.81. The van der Waals surface area contributed by atoms with E-state index in [0.717, 1.165) is 26.2 Å². The fraction of sp³-hybridized carbons (Fsp3) is 0.878. The number of ether oxygens (including phenoxy) is 9. The summed E-state index contributed by atoms with van der Waals surface area (Å²) in [5.41, 5.74) is 1.31. The minimum Gasteiger partial charge on any atom is -0.375 e. The molecule has 17 aliphatic rings. The highest BCUT2D eigenvalue weighted by atomic mass is 16.6. The lowest BCUT2D eigenvalue weighted by Gasteiger charge is -2.47. The zero-order valence-electron chi connectivity index (χ0n) is 34.6. The largest absolute Gasteiger partial charge is 0.375 e. The molecule has 17 rings (SSSR count). The Labute approximate surface area is 343 Å². The second kappa shape index (κ2) is 11.5. The van der Waals surface area contributed by atoms with Crippen molar-refractivity contribution in [2.75, 3.05) is 19.8 Å². The zero-order valence-corrected chi connectivity index (χ0v) is 34.6. The van der Waals surface area contributed by atoms with Gasteiger partial charge in [-0.1, -0.05) is 62.1 Å². The topological polar surface area (TPSA) is 83.1 Å². The van der Waals surface area contributed by atoms with E-state index in [9.17, 15) is 0 Å². The van der Waals surface area contributed by atoms with E-state index >= 15 is 0 Å². The van der Waals surface area contributed by atoms with Gasteiger partial charge in [-0.15, -0.1) is 0 Å². The van der Waals surface area contributed by atoms with Gasteiger partial charge in [-0.05, 0) is 78.1 Å². The number of hydrogen-bond acceptors (Lipinski definition) is 9. The van der Waals surface area contributed by atoms with Crippen LogP contribution in [0, 0.1) is 51.8 Å². The summed E-state index contributed by atoms with van der Waals surface area (Å²) in [5.74, 6) is 3.72. The lowest BCUT2D eigenvalue weighted by molar-refractivity contribution is -0.100. The fourth-order valence-electron chi connectivity index (χ4n) is 18.8. The van der Waals surface area contributed by atoms with E-state index in [2.05, 4.69) is 50.3 Å². The van der Waals surface area contributed by atoms with Gasteiger partial charge in [-0.3, -0.25) is 0 Å². The maximum atomic E-state index is 6.54. The van der Waals surface area contributed by atoms with Crippen LogP contribution in [0.3, 0.4) is 0 Å². The van der Waals surface area contributed by atoms with Crippen molar-refractivity contribution in [2.24, 2.45) is 51.8 Å². The molecule has 0 aromatic rings. The van der Waals surface area contributed by atoms with Crippen molar-refractivity contribution in [1.82, 2.24) is 0 Å². The highest BCUT2D eigenvalue weighted by molar-refractivity contribution is 5.29. The molecule has 21 unspecified atom stereocenters. The fourth-order valence-corrected chi connectivity index (χ4v) is 18.8. The second-order valence-corrected chi connectivity index (χ2v) is 23.5. The smallest absolute Gasteiger partial charge is 0.0822 e. The molecular formula is C49H64O9. The number of rotatable bonds is 0. The Morgan fingerprint density at radius 3 is 1.45 bits per heavy atom. The van der Waals surface area contributed by atoms with E-state index in [0.29, 0.717) is 120 Å². The van der Waals surface area contributed by atoms with Gasteiger partial charge in [0.25, 0.3) is 0 Å². The van der Waals surface area contributed by atoms with Crippen molar-refractivity contribution < 1.29 is 42.6 Å². The molecule has 12 bridgehead atoms. The average molecular weight is 797 g/mol. The van der Waals surface area contributed by atoms with Crippen LogP contribution < -0.4 is 0 Å². The van der Waals surface area contributed by atoms with Crippen LogP contribution in [0.15, 0.2) is 36.5 Å². The van der Waals surface area contributed by atoms with Gasteiger partial charge in [0.1, 0.15) is 0 Å². The average Bonchev–Trinajstić information content (AvgIpc) is 4.04. The molecule has 9 nitrogen and oxygen atoms in total. The first-order valence-corrected chi connectivity index (χ1v) is 24.1. The summed E-state index contributed by atoms with van der Waals surface area (Å²) in [4.78, 5) is 0. The SMILES string of the molecule is C1=CC2OC1C1C3CC4(CCOC45CCCC5)C(O3)C21.C1=CC2OC1C1C3CC4(COC5(CCCC5)C4)C(O3)C21.CC1(C)CC2(CO1)CC1OC2C2C3C=CC(O3)C12. The lowest BCUT2D eigenvalue weighted by atomic mass is 9.55. The Morgan fingerprint density at radius 1 is 0.431 bits per heavy atom. The van der Waals surface area contributed by atoms with Gasteiger partial charge >= 0.3 is 0 Å². The first-order chi connectivity index (χ1) is 28.2. The van der Waals surface area contributed by atoms with Gasteiger partial charge in [0, 0.05) is 58.4 Å². The molecule has 2 saturated carbocycles. The van der Waals surface area contributed by atoms with Crippen molar-refractivity contribution in [3.8, 4) is 0 Å². The Kier molecular flexibility index (Phi) is 7.01. The van der Waals surface area contributed by atoms with Crippen LogP contribution in [0.1, 0.15) is 104 Å². The Bertz CT molecular complexity index is 1840. The Hall–Kier alpha value is -1.14. The summed E-state index contributed by atoms with van der Waals surface area (Å²) in [6.45, 7) is 7.20. The monoisotopic (exact) mass is 796 g/mol. The summed E-state index contributed by atoms with van der Waals surface area (Å²) < 4.78 is 56.4. The molecule has 314 valence electrons. The minimum absolute atomic E-state index is 0.0254. The third-order valence-corrected chi connectivity index (χ3v) is 20.5. The summed E-state index contributed by atoms with van der Waals surface area (Å²) >= 11 is 0. The molecular weight excluding hydrogens is 733 g/mol. The highest BCUT2D eigenvalue weighted by Crippen LogP contribution is 2.70. The van der Waals surface area contributed by atoms with Gasteiger partial charge in [0.05, 0.1) is 103 Å². The normalized spacial score (nSPS) is 60.9. The summed E-state index contributed by atoms with van der Waals surface area (Å²) in [6.07, 6.45) is 35.8. The van der Waals surface area contributed by atoms with E-state index in [1.165, 1.54) is 83.5 Å². The zero-order chi connectivity index (χ0) is 38.0. The van der Waals surface area contributed by atoms with Gasteiger partial charge in [0.2, 0.25) is 0 Å². The maximum absolute atomic E-state index is 6.54. The molecule has 2 aliphatic carbocycles. The molecule has 15 heterocycles. The third kappa shape index (κ3) is 4.32. The first kappa shape index (κ1) is 35.3. The van der Waals surface area contributed by atoms with Crippen LogP contribution in [0.25, 0.3) is 0 Å². The first-order valence-electron chi connectivity index (χ1n) is 24.1. The summed E-state index contributed by atoms with van der Waals surface area (Å²) in [5, 5.41) is 0. The Balaban J connectivity index is 0.0000000840. The maximum Gasteiger partial charge on any atom is 0.0822 e. The van der Waals surface area contributed by atoms with Crippen LogP contribution in [0.2, 0.25) is 0 Å². The standard InChI is InChI=1S/2C17H22O3.C15H20O3/c1-2-6-17(5-1)8-16(9-18-17)7-12-13-10-3-4-11(19-10)14(13)15(16)20-12;1-2-6-17(5-1)16(7-8-18-17)9-12-13-10-3-4-11(19-10)14(13)15(16)20-12;1-14(2)6-15(7-16-14)5-10-11-8-3-4-9(17-8)12(11)13(15)18-10/h2*3-4,10-15H,1-2,5-9H2;3-4,8-13H,5-7H2,1-2H3. The van der Waals surface area contributed by atoms with E-state index in [1.807, 2.05) is 0 Å². The molecule has 5 spiro atoms. The lowest BCUT2D eigenvalue weighted by Crippen LogP contribution is -2.54. The van der Waals surface area contributed by atoms with Gasteiger partial charge in [0.15, 0.2) is 0 Å². The summed E-state index contributed by atoms with van der Waals surface area (Å²) in [6, 6.07) is 0. The van der Waals surface area contributed by atoms with Crippen molar-refractivity contribution in [1.29, 1.82) is 0 Å². The van der Waals surface area contributed by atoms with Crippen LogP contribution in [0.5, 0.6) is 0 Å². The second-order valence-electron chi connectivity index (χ2n) is 23.5. The molecule has 58 heavy (non-hydrogen) atoms. The molecule has 9 heteroatoms. The van der Waals surface area contributed by atoms with E-state index in [4.69, 9.17) is 42.6 Å². The number of fused-ring (bicyclic) bond motifs is 31. The Morgan fingerprint density at radius 2 is 0.897 bits per heavy atom. The summed E-state index contributed by atoms with van der Waals surface area (Å²) in [7, 11) is 0. The van der Waals surface area contributed by atoms with Crippen molar-refractivity contribution in [3.05, 3.63) is 36.5 Å². The highest BCUT2D eigenvalue weighted by Gasteiger charge is 2.76. The van der Waals surface area contributed by atoms with Crippen molar-refractivity contribution in [3.63, 3.8) is 0 Å². The van der Waals surface area contributed by atoms with Crippen LogP contribution >= 0.6 is 0 Å². The van der Waals surface area contributed by atoms with Gasteiger partial charge in [-0.25, -0.2) is 0 Å². The molecule has 14 fully saturated rings. The van der Waals surface area contributed by atoms with Gasteiger partial charge in [-0.2, -0.15) is 0 Å². The van der Waals surface area contributed by atoms with Crippen LogP contribution in [0.4, 0.5) is 0 Å². The van der Waals surface area contributed by atoms with Crippen molar-refractivity contribution >= 4 is 0 Å². The van der Waals surface area contributed by atoms with E-state index in [1.54, 1.807) is 0 Å². The molecule has 12 saturated heterocycles. The molecule has 0 amide bonds. The molecule has 15 aliphatic heterocycles. The molecule has 0 aromatic heterocycles. The van der Waals surface area contributed by atoms with E-state index < -0.39 is 0 Å². The van der Waals surface area contributed by atoms with Crippen LogP contribution in [-0.2, 0) is 42.6 Å². The molecule has 0 N–H and O–H groups in total. The third-order valence-electron chi connectivity index (χ3n) is 20.5.